The molecule has 0 spiro atoms. The lowest BCUT2D eigenvalue weighted by molar-refractivity contribution is -0.131. The Labute approximate surface area is 92.1 Å². The van der Waals surface area contributed by atoms with Crippen LogP contribution in [0.15, 0.2) is 25.0 Å². The molecule has 0 aliphatic heterocycles. The highest BCUT2D eigenvalue weighted by Gasteiger charge is 2.10. The number of H-pyrrole nitrogens is 1. The topological polar surface area (TPSA) is 79.7 Å². The van der Waals surface area contributed by atoms with E-state index in [2.05, 4.69) is 20.3 Å². The van der Waals surface area contributed by atoms with Gasteiger partial charge in [0.1, 0.15) is 19.2 Å². The van der Waals surface area contributed by atoms with Gasteiger partial charge < -0.3 is 4.90 Å². The third-order valence-electron chi connectivity index (χ3n) is 2.16. The zero-order valence-electron chi connectivity index (χ0n) is 8.87. The molecule has 7 heteroatoms. The maximum Gasteiger partial charge on any atom is 0.244 e. The molecule has 0 saturated carbocycles. The first-order valence-corrected chi connectivity index (χ1v) is 4.80. The summed E-state index contributed by atoms with van der Waals surface area (Å²) < 4.78 is 1.49. The Morgan fingerprint density at radius 2 is 2.50 bits per heavy atom. The van der Waals surface area contributed by atoms with Crippen LogP contribution < -0.4 is 0 Å². The molecule has 0 aromatic carbocycles. The van der Waals surface area contributed by atoms with Crippen LogP contribution >= 0.6 is 0 Å². The lowest BCUT2D eigenvalue weighted by Gasteiger charge is -2.15. The van der Waals surface area contributed by atoms with E-state index in [1.54, 1.807) is 24.3 Å². The fourth-order valence-electron chi connectivity index (χ4n) is 1.30. The largest absolute Gasteiger partial charge is 0.340 e. The summed E-state index contributed by atoms with van der Waals surface area (Å²) in [6, 6.07) is 0. The number of nitrogens with one attached hydrogen (secondary N) is 1. The van der Waals surface area contributed by atoms with Crippen molar-refractivity contribution in [3.8, 4) is 0 Å². The molecule has 16 heavy (non-hydrogen) atoms. The molecule has 2 rings (SSSR count). The number of hydrogen-bond donors (Lipinski definition) is 1. The summed E-state index contributed by atoms with van der Waals surface area (Å²) in [5.74, 6) is -0.0216. The van der Waals surface area contributed by atoms with Crippen LogP contribution in [-0.4, -0.2) is 42.8 Å². The van der Waals surface area contributed by atoms with Crippen LogP contribution in [0.3, 0.4) is 0 Å². The lowest BCUT2D eigenvalue weighted by Crippen LogP contribution is -2.29. The maximum absolute atomic E-state index is 11.7. The van der Waals surface area contributed by atoms with Crippen molar-refractivity contribution >= 4 is 5.91 Å². The monoisotopic (exact) mass is 220 g/mol. The van der Waals surface area contributed by atoms with Crippen LogP contribution in [0, 0.1) is 0 Å². The molecule has 0 aliphatic carbocycles. The molecule has 0 saturated heterocycles. The quantitative estimate of drug-likeness (QED) is 0.764. The Morgan fingerprint density at radius 1 is 1.62 bits per heavy atom. The van der Waals surface area contributed by atoms with Crippen molar-refractivity contribution in [2.45, 2.75) is 13.1 Å². The smallest absolute Gasteiger partial charge is 0.244 e. The van der Waals surface area contributed by atoms with Crippen molar-refractivity contribution in [1.82, 2.24) is 29.9 Å². The van der Waals surface area contributed by atoms with Gasteiger partial charge in [-0.1, -0.05) is 0 Å². The average Bonchev–Trinajstić information content (AvgIpc) is 2.90. The third-order valence-corrected chi connectivity index (χ3v) is 2.16. The normalized spacial score (nSPS) is 10.3. The number of likely N-dealkylation sites (N-methyl/N-ethyl adjacent to an activating group) is 1. The molecular formula is C9H12N6O. The first-order chi connectivity index (χ1) is 7.75. The second-order valence-electron chi connectivity index (χ2n) is 3.45. The zero-order valence-corrected chi connectivity index (χ0v) is 8.87. The van der Waals surface area contributed by atoms with Gasteiger partial charge in [0.25, 0.3) is 0 Å². The molecule has 1 N–H and O–H groups in total. The van der Waals surface area contributed by atoms with Gasteiger partial charge >= 0.3 is 0 Å². The van der Waals surface area contributed by atoms with E-state index in [9.17, 15) is 4.79 Å². The van der Waals surface area contributed by atoms with Gasteiger partial charge in [-0.3, -0.25) is 9.89 Å². The summed E-state index contributed by atoms with van der Waals surface area (Å²) >= 11 is 0. The number of nitrogens with zero attached hydrogens (tertiary/aromatic N) is 5. The summed E-state index contributed by atoms with van der Waals surface area (Å²) in [5, 5.41) is 10.4. The molecule has 0 radical (unpaired) electrons. The minimum absolute atomic E-state index is 0.0216. The maximum atomic E-state index is 11.7. The standard InChI is InChI=1S/C9H12N6O/c1-14(4-8-2-11-12-3-8)9(16)5-15-7-10-6-13-15/h2-3,6-7H,4-5H2,1H3,(H,11,12). The molecule has 2 aromatic heterocycles. The fraction of sp³-hybridized carbons (Fsp3) is 0.333. The number of aromatic nitrogens is 5. The summed E-state index contributed by atoms with van der Waals surface area (Å²) in [6.45, 7) is 0.735. The third kappa shape index (κ3) is 2.44. The molecule has 0 fully saturated rings. The number of aromatic amines is 1. The fourth-order valence-corrected chi connectivity index (χ4v) is 1.30. The Balaban J connectivity index is 1.90. The van der Waals surface area contributed by atoms with Gasteiger partial charge in [-0.25, -0.2) is 9.67 Å². The second kappa shape index (κ2) is 4.56. The molecule has 84 valence electrons. The molecule has 0 bridgehead atoms. The Bertz CT molecular complexity index is 435. The van der Waals surface area contributed by atoms with Crippen LogP contribution in [0.1, 0.15) is 5.56 Å². The van der Waals surface area contributed by atoms with Gasteiger partial charge in [0.15, 0.2) is 0 Å². The van der Waals surface area contributed by atoms with E-state index in [4.69, 9.17) is 0 Å². The van der Waals surface area contributed by atoms with E-state index in [-0.39, 0.29) is 12.5 Å². The zero-order chi connectivity index (χ0) is 11.4. The Hall–Kier alpha value is -2.18. The molecule has 0 unspecified atom stereocenters. The second-order valence-corrected chi connectivity index (χ2v) is 3.45. The molecule has 0 atom stereocenters. The minimum Gasteiger partial charge on any atom is -0.340 e. The Kier molecular flexibility index (Phi) is 2.95. The predicted octanol–water partition coefficient (Wildman–Crippen LogP) is -0.340. The van der Waals surface area contributed by atoms with E-state index >= 15 is 0 Å². The molecule has 7 nitrogen and oxygen atoms in total. The highest BCUT2D eigenvalue weighted by molar-refractivity contribution is 5.75. The van der Waals surface area contributed by atoms with Crippen molar-refractivity contribution in [3.63, 3.8) is 0 Å². The molecule has 2 aromatic rings. The van der Waals surface area contributed by atoms with Gasteiger partial charge in [0, 0.05) is 25.4 Å². The summed E-state index contributed by atoms with van der Waals surface area (Å²) in [7, 11) is 1.74. The number of hydrogen-bond acceptors (Lipinski definition) is 4. The van der Waals surface area contributed by atoms with Crippen molar-refractivity contribution < 1.29 is 4.79 Å². The molecule has 1 amide bonds. The van der Waals surface area contributed by atoms with Gasteiger partial charge in [-0.05, 0) is 0 Å². The number of carbonyl (C=O) groups is 1. The minimum atomic E-state index is -0.0216. The predicted molar refractivity (Wildman–Crippen MR) is 55.1 cm³/mol. The first kappa shape index (κ1) is 10.3. The first-order valence-electron chi connectivity index (χ1n) is 4.80. The lowest BCUT2D eigenvalue weighted by atomic mass is 10.3. The van der Waals surface area contributed by atoms with Crippen molar-refractivity contribution in [1.29, 1.82) is 0 Å². The van der Waals surface area contributed by atoms with Gasteiger partial charge in [0.2, 0.25) is 5.91 Å². The van der Waals surface area contributed by atoms with Gasteiger partial charge in [-0.2, -0.15) is 10.2 Å². The van der Waals surface area contributed by atoms with Crippen LogP contribution in [0.2, 0.25) is 0 Å². The van der Waals surface area contributed by atoms with E-state index in [0.29, 0.717) is 6.54 Å². The van der Waals surface area contributed by atoms with Crippen LogP contribution in [0.5, 0.6) is 0 Å². The Morgan fingerprint density at radius 3 is 3.12 bits per heavy atom. The van der Waals surface area contributed by atoms with E-state index in [0.717, 1.165) is 5.56 Å². The van der Waals surface area contributed by atoms with E-state index in [1.165, 1.54) is 17.3 Å². The number of rotatable bonds is 4. The van der Waals surface area contributed by atoms with Gasteiger partial charge in [-0.15, -0.1) is 0 Å². The summed E-state index contributed by atoms with van der Waals surface area (Å²) in [6.07, 6.45) is 6.38. The summed E-state index contributed by atoms with van der Waals surface area (Å²) in [4.78, 5) is 17.1. The average molecular weight is 220 g/mol. The molecule has 2 heterocycles. The van der Waals surface area contributed by atoms with Crippen molar-refractivity contribution in [3.05, 3.63) is 30.6 Å². The van der Waals surface area contributed by atoms with Crippen LogP contribution in [0.25, 0.3) is 0 Å². The van der Waals surface area contributed by atoms with Crippen molar-refractivity contribution in [2.24, 2.45) is 0 Å². The van der Waals surface area contributed by atoms with Gasteiger partial charge in [0.05, 0.1) is 6.20 Å². The highest BCUT2D eigenvalue weighted by Crippen LogP contribution is 2.00. The van der Waals surface area contributed by atoms with Crippen LogP contribution in [0.4, 0.5) is 0 Å². The molecule has 0 aliphatic rings. The van der Waals surface area contributed by atoms with E-state index in [1.807, 2.05) is 0 Å². The number of amides is 1. The van der Waals surface area contributed by atoms with E-state index < -0.39 is 0 Å². The number of carbonyl (C=O) groups excluding carboxylic acids is 1. The van der Waals surface area contributed by atoms with Crippen LogP contribution in [-0.2, 0) is 17.9 Å². The van der Waals surface area contributed by atoms with Crippen molar-refractivity contribution in [2.75, 3.05) is 7.05 Å². The SMILES string of the molecule is CN(Cc1cn[nH]c1)C(=O)Cn1cncn1. The highest BCUT2D eigenvalue weighted by atomic mass is 16.2. The molecular weight excluding hydrogens is 208 g/mol. The summed E-state index contributed by atoms with van der Waals surface area (Å²) in [5.41, 5.74) is 0.967.